The first-order valence-corrected chi connectivity index (χ1v) is 8.27. The number of β-amino-alcohol motifs (C(OH)–C–C–N with tert-alkyl or cyclic N) is 2. The van der Waals surface area contributed by atoms with Crippen molar-refractivity contribution in [2.45, 2.75) is 24.0 Å². The van der Waals surface area contributed by atoms with E-state index in [9.17, 15) is 23.4 Å². The molecule has 2 rings (SSSR count). The van der Waals surface area contributed by atoms with E-state index in [1.54, 1.807) is 6.92 Å². The number of aliphatic hydroxyl groups is 2. The van der Waals surface area contributed by atoms with Gasteiger partial charge in [-0.3, -0.25) is 0 Å². The Kier molecular flexibility index (Phi) is 4.41. The summed E-state index contributed by atoms with van der Waals surface area (Å²) in [4.78, 5) is 10.9. The molecule has 0 aromatic heterocycles. The lowest BCUT2D eigenvalue weighted by Crippen LogP contribution is -2.30. The second kappa shape index (κ2) is 5.65. The van der Waals surface area contributed by atoms with E-state index in [0.29, 0.717) is 5.56 Å². The van der Waals surface area contributed by atoms with E-state index in [2.05, 4.69) is 15.9 Å². The number of aliphatic hydroxyl groups excluding tert-OH is 2. The van der Waals surface area contributed by atoms with Crippen molar-refractivity contribution in [1.82, 2.24) is 4.31 Å². The van der Waals surface area contributed by atoms with Crippen molar-refractivity contribution >= 4 is 31.9 Å². The average molecular weight is 380 g/mol. The van der Waals surface area contributed by atoms with Crippen LogP contribution in [0.25, 0.3) is 0 Å². The number of aryl methyl sites for hydroxylation is 1. The third-order valence-electron chi connectivity index (χ3n) is 3.31. The molecule has 9 heteroatoms. The zero-order valence-corrected chi connectivity index (χ0v) is 13.4. The maximum absolute atomic E-state index is 12.6. The van der Waals surface area contributed by atoms with E-state index in [-0.39, 0.29) is 28.0 Å². The number of rotatable bonds is 3. The van der Waals surface area contributed by atoms with E-state index in [1.165, 1.54) is 6.07 Å². The molecule has 0 amide bonds. The Hall–Kier alpha value is -1.00. The van der Waals surface area contributed by atoms with Gasteiger partial charge in [0, 0.05) is 17.6 Å². The highest BCUT2D eigenvalue weighted by Gasteiger charge is 2.38. The quantitative estimate of drug-likeness (QED) is 0.689. The topological polar surface area (TPSA) is 115 Å². The highest BCUT2D eigenvalue weighted by Crippen LogP contribution is 2.31. The smallest absolute Gasteiger partial charge is 0.335 e. The van der Waals surface area contributed by atoms with Gasteiger partial charge in [0.25, 0.3) is 0 Å². The van der Waals surface area contributed by atoms with Gasteiger partial charge in [-0.05, 0) is 40.5 Å². The average Bonchev–Trinajstić information content (AvgIpc) is 2.73. The minimum absolute atomic E-state index is 0.144. The number of hydrogen-bond donors (Lipinski definition) is 3. The fraction of sp³-hybridized carbons (Fsp3) is 0.417. The first kappa shape index (κ1) is 16.4. The second-order valence-corrected chi connectivity index (χ2v) is 7.57. The van der Waals surface area contributed by atoms with Crippen molar-refractivity contribution < 1.29 is 28.5 Å². The third-order valence-corrected chi connectivity index (χ3v) is 6.48. The lowest BCUT2D eigenvalue weighted by atomic mass is 10.1. The van der Waals surface area contributed by atoms with E-state index in [0.717, 1.165) is 10.4 Å². The molecule has 116 valence electrons. The molecule has 2 atom stereocenters. The van der Waals surface area contributed by atoms with Crippen molar-refractivity contribution in [3.8, 4) is 0 Å². The van der Waals surface area contributed by atoms with Gasteiger partial charge in [-0.2, -0.15) is 4.31 Å². The summed E-state index contributed by atoms with van der Waals surface area (Å²) in [6.07, 6.45) is -2.30. The number of carbonyl (C=O) groups is 1. The molecule has 1 aromatic carbocycles. The van der Waals surface area contributed by atoms with Crippen molar-refractivity contribution in [1.29, 1.82) is 0 Å². The van der Waals surface area contributed by atoms with Crippen LogP contribution in [0.1, 0.15) is 15.9 Å². The number of sulfonamides is 1. The first-order valence-electron chi connectivity index (χ1n) is 6.04. The Labute approximate surface area is 130 Å². The predicted octanol–water partition coefficient (Wildman–Crippen LogP) is 0.182. The van der Waals surface area contributed by atoms with Crippen LogP contribution in [-0.2, 0) is 10.0 Å². The standard InChI is InChI=1S/C12H14BrNO6S/c1-6-2-7(12(17)18)3-10(11(6)13)21(19,20)14-4-8(15)9(16)5-14/h2-3,8-9,15-16H,4-5H2,1H3,(H,17,18). The number of carboxylic acid groups (broad SMARTS) is 1. The molecular weight excluding hydrogens is 366 g/mol. The van der Waals surface area contributed by atoms with Gasteiger partial charge in [-0.25, -0.2) is 13.2 Å². The second-order valence-electron chi connectivity index (χ2n) is 4.87. The monoisotopic (exact) mass is 379 g/mol. The number of aromatic carboxylic acids is 1. The summed E-state index contributed by atoms with van der Waals surface area (Å²) in [5, 5.41) is 28.0. The summed E-state index contributed by atoms with van der Waals surface area (Å²) in [6, 6.07) is 2.42. The highest BCUT2D eigenvalue weighted by atomic mass is 79.9. The molecule has 0 radical (unpaired) electrons. The minimum Gasteiger partial charge on any atom is -0.478 e. The Morgan fingerprint density at radius 3 is 2.29 bits per heavy atom. The zero-order valence-electron chi connectivity index (χ0n) is 11.0. The van der Waals surface area contributed by atoms with Crippen LogP contribution in [0.3, 0.4) is 0 Å². The van der Waals surface area contributed by atoms with Crippen molar-refractivity contribution in [2.24, 2.45) is 0 Å². The largest absolute Gasteiger partial charge is 0.478 e. The highest BCUT2D eigenvalue weighted by molar-refractivity contribution is 9.10. The molecular formula is C12H14BrNO6S. The lowest BCUT2D eigenvalue weighted by molar-refractivity contribution is 0.0572. The molecule has 0 bridgehead atoms. The molecule has 7 nitrogen and oxygen atoms in total. The number of hydrogen-bond acceptors (Lipinski definition) is 5. The van der Waals surface area contributed by atoms with Gasteiger partial charge < -0.3 is 15.3 Å². The van der Waals surface area contributed by atoms with E-state index < -0.39 is 28.2 Å². The maximum Gasteiger partial charge on any atom is 0.335 e. The summed E-state index contributed by atoms with van der Waals surface area (Å²) < 4.78 is 26.3. The molecule has 1 aliphatic heterocycles. The molecule has 1 aliphatic rings. The molecule has 1 heterocycles. The van der Waals surface area contributed by atoms with E-state index in [4.69, 9.17) is 5.11 Å². The maximum atomic E-state index is 12.6. The van der Waals surface area contributed by atoms with Gasteiger partial charge in [0.05, 0.1) is 22.7 Å². The number of halogens is 1. The van der Waals surface area contributed by atoms with Gasteiger partial charge in [0.15, 0.2) is 0 Å². The summed E-state index contributed by atoms with van der Waals surface area (Å²) in [7, 11) is -4.01. The van der Waals surface area contributed by atoms with Gasteiger partial charge in [-0.1, -0.05) is 0 Å². The molecule has 1 aromatic rings. The van der Waals surface area contributed by atoms with E-state index in [1.807, 2.05) is 0 Å². The molecule has 0 aliphatic carbocycles. The van der Waals surface area contributed by atoms with Gasteiger partial charge in [-0.15, -0.1) is 0 Å². The summed E-state index contributed by atoms with van der Waals surface area (Å²) in [6.45, 7) is 1.13. The SMILES string of the molecule is Cc1cc(C(=O)O)cc(S(=O)(=O)N2CC(O)C(O)C2)c1Br. The molecule has 0 spiro atoms. The van der Waals surface area contributed by atoms with E-state index >= 15 is 0 Å². The molecule has 0 saturated carbocycles. The van der Waals surface area contributed by atoms with Crippen LogP contribution < -0.4 is 0 Å². The van der Waals surface area contributed by atoms with Crippen LogP contribution in [0, 0.1) is 6.92 Å². The molecule has 1 saturated heterocycles. The molecule has 21 heavy (non-hydrogen) atoms. The van der Waals surface area contributed by atoms with Gasteiger partial charge in [0.2, 0.25) is 10.0 Å². The normalized spacial score (nSPS) is 23.4. The van der Waals surface area contributed by atoms with Crippen LogP contribution >= 0.6 is 15.9 Å². The number of carboxylic acids is 1. The van der Waals surface area contributed by atoms with Crippen LogP contribution in [0.4, 0.5) is 0 Å². The number of benzene rings is 1. The van der Waals surface area contributed by atoms with Crippen LogP contribution in [0.5, 0.6) is 0 Å². The first-order chi connectivity index (χ1) is 9.64. The van der Waals surface area contributed by atoms with Crippen molar-refractivity contribution in [3.05, 3.63) is 27.7 Å². The third kappa shape index (κ3) is 2.97. The molecule has 3 N–H and O–H groups in total. The molecule has 2 unspecified atom stereocenters. The molecule has 1 fully saturated rings. The summed E-state index contributed by atoms with van der Waals surface area (Å²) in [5.41, 5.74) is 0.323. The van der Waals surface area contributed by atoms with Gasteiger partial charge >= 0.3 is 5.97 Å². The van der Waals surface area contributed by atoms with Crippen molar-refractivity contribution in [2.75, 3.05) is 13.1 Å². The summed E-state index contributed by atoms with van der Waals surface area (Å²) >= 11 is 3.15. The fourth-order valence-corrected chi connectivity index (χ4v) is 4.60. The Morgan fingerprint density at radius 2 is 1.81 bits per heavy atom. The lowest BCUT2D eigenvalue weighted by Gasteiger charge is -2.18. The fourth-order valence-electron chi connectivity index (χ4n) is 2.12. The zero-order chi connectivity index (χ0) is 15.9. The Bertz CT molecular complexity index is 679. The predicted molar refractivity (Wildman–Crippen MR) is 76.6 cm³/mol. The Morgan fingerprint density at radius 1 is 1.29 bits per heavy atom. The van der Waals surface area contributed by atoms with Crippen LogP contribution in [0.2, 0.25) is 0 Å². The van der Waals surface area contributed by atoms with Crippen LogP contribution in [0.15, 0.2) is 21.5 Å². The number of nitrogens with zero attached hydrogens (tertiary/aromatic N) is 1. The van der Waals surface area contributed by atoms with Crippen LogP contribution in [-0.4, -0.2) is 59.3 Å². The summed E-state index contributed by atoms with van der Waals surface area (Å²) in [5.74, 6) is -1.23. The minimum atomic E-state index is -4.01. The van der Waals surface area contributed by atoms with Crippen molar-refractivity contribution in [3.63, 3.8) is 0 Å². The van der Waals surface area contributed by atoms with Gasteiger partial charge in [0.1, 0.15) is 0 Å². The Balaban J connectivity index is 2.52.